The van der Waals surface area contributed by atoms with E-state index in [0.717, 1.165) is 16.8 Å². The molecule has 0 heterocycles. The zero-order chi connectivity index (χ0) is 18.4. The fourth-order valence-corrected chi connectivity index (χ4v) is 2.60. The Kier molecular flexibility index (Phi) is 5.44. The first-order valence-electron chi connectivity index (χ1n) is 8.42. The third-order valence-corrected chi connectivity index (χ3v) is 3.98. The Labute approximate surface area is 152 Å². The molecule has 0 aromatic heterocycles. The minimum Gasteiger partial charge on any atom is -0.348 e. The minimum atomic E-state index is -0.206. The molecule has 0 saturated carbocycles. The van der Waals surface area contributed by atoms with Gasteiger partial charge >= 0.3 is 0 Å². The van der Waals surface area contributed by atoms with Crippen molar-refractivity contribution in [1.29, 1.82) is 0 Å². The molecule has 3 aromatic rings. The molecule has 0 aliphatic carbocycles. The summed E-state index contributed by atoms with van der Waals surface area (Å²) in [4.78, 5) is 24.5. The number of carbonyl (C=O) groups is 2. The average Bonchev–Trinajstić information content (AvgIpc) is 2.67. The van der Waals surface area contributed by atoms with Crippen molar-refractivity contribution in [3.05, 3.63) is 101 Å². The zero-order valence-corrected chi connectivity index (χ0v) is 14.5. The monoisotopic (exact) mass is 344 g/mol. The van der Waals surface area contributed by atoms with Crippen LogP contribution in [0, 0.1) is 6.92 Å². The summed E-state index contributed by atoms with van der Waals surface area (Å²) in [5.41, 5.74) is 3.97. The number of para-hydroxylation sites is 1. The fourth-order valence-electron chi connectivity index (χ4n) is 2.60. The second kappa shape index (κ2) is 8.12. The highest BCUT2D eigenvalue weighted by Gasteiger charge is 2.09. The number of hydrogen-bond donors (Lipinski definition) is 2. The summed E-state index contributed by atoms with van der Waals surface area (Å²) < 4.78 is 0. The number of nitrogens with one attached hydrogen (secondary N) is 2. The number of benzene rings is 3. The number of aryl methyl sites for hydroxylation is 1. The zero-order valence-electron chi connectivity index (χ0n) is 14.5. The van der Waals surface area contributed by atoms with Crippen LogP contribution in [0.2, 0.25) is 0 Å². The lowest BCUT2D eigenvalue weighted by atomic mass is 10.1. The van der Waals surface area contributed by atoms with Crippen LogP contribution < -0.4 is 10.6 Å². The fraction of sp³-hybridized carbons (Fsp3) is 0.0909. The Bertz CT molecular complexity index is 903. The van der Waals surface area contributed by atoms with Crippen LogP contribution in [0.3, 0.4) is 0 Å². The van der Waals surface area contributed by atoms with E-state index in [0.29, 0.717) is 17.7 Å². The first kappa shape index (κ1) is 17.4. The van der Waals surface area contributed by atoms with E-state index in [9.17, 15) is 9.59 Å². The van der Waals surface area contributed by atoms with Crippen molar-refractivity contribution in [3.8, 4) is 0 Å². The van der Waals surface area contributed by atoms with E-state index in [1.54, 1.807) is 24.3 Å². The molecule has 0 bridgehead atoms. The number of anilines is 1. The molecule has 0 spiro atoms. The third-order valence-electron chi connectivity index (χ3n) is 3.98. The van der Waals surface area contributed by atoms with Gasteiger partial charge < -0.3 is 10.6 Å². The van der Waals surface area contributed by atoms with E-state index in [1.807, 2.05) is 61.5 Å². The molecular formula is C22H20N2O2. The molecule has 3 aromatic carbocycles. The number of hydrogen-bond acceptors (Lipinski definition) is 2. The van der Waals surface area contributed by atoms with Gasteiger partial charge in [0.25, 0.3) is 11.8 Å². The van der Waals surface area contributed by atoms with Gasteiger partial charge in [0.2, 0.25) is 0 Å². The van der Waals surface area contributed by atoms with Crippen LogP contribution in [0.25, 0.3) is 0 Å². The Morgan fingerprint density at radius 2 is 1.42 bits per heavy atom. The highest BCUT2D eigenvalue weighted by atomic mass is 16.2. The SMILES string of the molecule is Cc1cccc(CNC(=O)c2ccc(C(=O)Nc3ccccc3)cc2)c1. The van der Waals surface area contributed by atoms with Crippen molar-refractivity contribution in [2.75, 3.05) is 5.32 Å². The van der Waals surface area contributed by atoms with Gasteiger partial charge in [0, 0.05) is 23.4 Å². The highest BCUT2D eigenvalue weighted by molar-refractivity contribution is 6.05. The first-order valence-corrected chi connectivity index (χ1v) is 8.42. The van der Waals surface area contributed by atoms with Crippen LogP contribution in [0.5, 0.6) is 0 Å². The maximum absolute atomic E-state index is 12.3. The first-order chi connectivity index (χ1) is 12.6. The Hall–Kier alpha value is -3.40. The molecule has 0 saturated heterocycles. The van der Waals surface area contributed by atoms with Gasteiger partial charge in [0.1, 0.15) is 0 Å². The summed E-state index contributed by atoms with van der Waals surface area (Å²) in [6, 6.07) is 23.9. The van der Waals surface area contributed by atoms with E-state index in [-0.39, 0.29) is 11.8 Å². The lowest BCUT2D eigenvalue weighted by molar-refractivity contribution is 0.0949. The van der Waals surface area contributed by atoms with E-state index >= 15 is 0 Å². The molecule has 0 unspecified atom stereocenters. The third kappa shape index (κ3) is 4.57. The van der Waals surface area contributed by atoms with Gasteiger partial charge in [-0.1, -0.05) is 48.0 Å². The van der Waals surface area contributed by atoms with Gasteiger partial charge in [-0.15, -0.1) is 0 Å². The smallest absolute Gasteiger partial charge is 0.255 e. The van der Waals surface area contributed by atoms with Crippen LogP contribution in [0.1, 0.15) is 31.8 Å². The number of carbonyl (C=O) groups excluding carboxylic acids is 2. The molecule has 26 heavy (non-hydrogen) atoms. The summed E-state index contributed by atoms with van der Waals surface area (Å²) in [7, 11) is 0. The molecule has 0 aliphatic heterocycles. The maximum atomic E-state index is 12.3. The molecular weight excluding hydrogens is 324 g/mol. The summed E-state index contributed by atoms with van der Waals surface area (Å²) in [6.07, 6.45) is 0. The average molecular weight is 344 g/mol. The molecule has 0 atom stereocenters. The van der Waals surface area contributed by atoms with Crippen LogP contribution in [-0.4, -0.2) is 11.8 Å². The van der Waals surface area contributed by atoms with Gasteiger partial charge in [0.15, 0.2) is 0 Å². The predicted molar refractivity (Wildman–Crippen MR) is 103 cm³/mol. The predicted octanol–water partition coefficient (Wildman–Crippen LogP) is 4.18. The van der Waals surface area contributed by atoms with Crippen molar-refractivity contribution in [2.24, 2.45) is 0 Å². The minimum absolute atomic E-state index is 0.165. The summed E-state index contributed by atoms with van der Waals surface area (Å²) >= 11 is 0. The van der Waals surface area contributed by atoms with E-state index in [1.165, 1.54) is 0 Å². The van der Waals surface area contributed by atoms with Gasteiger partial charge in [0.05, 0.1) is 0 Å². The molecule has 130 valence electrons. The second-order valence-corrected chi connectivity index (χ2v) is 6.07. The lowest BCUT2D eigenvalue weighted by Gasteiger charge is -2.08. The van der Waals surface area contributed by atoms with Crippen molar-refractivity contribution in [1.82, 2.24) is 5.32 Å². The van der Waals surface area contributed by atoms with Crippen LogP contribution in [0.15, 0.2) is 78.9 Å². The van der Waals surface area contributed by atoms with Crippen molar-refractivity contribution >= 4 is 17.5 Å². The lowest BCUT2D eigenvalue weighted by Crippen LogP contribution is -2.23. The van der Waals surface area contributed by atoms with Crippen LogP contribution in [-0.2, 0) is 6.54 Å². The van der Waals surface area contributed by atoms with Crippen molar-refractivity contribution in [3.63, 3.8) is 0 Å². The van der Waals surface area contributed by atoms with Gasteiger partial charge in [-0.25, -0.2) is 0 Å². The molecule has 0 fully saturated rings. The topological polar surface area (TPSA) is 58.2 Å². The molecule has 0 aliphatic rings. The van der Waals surface area contributed by atoms with Crippen molar-refractivity contribution in [2.45, 2.75) is 13.5 Å². The summed E-state index contributed by atoms with van der Waals surface area (Å²) in [5, 5.41) is 5.71. The highest BCUT2D eigenvalue weighted by Crippen LogP contribution is 2.10. The van der Waals surface area contributed by atoms with Gasteiger partial charge in [-0.3, -0.25) is 9.59 Å². The number of amides is 2. The molecule has 0 radical (unpaired) electrons. The van der Waals surface area contributed by atoms with E-state index in [2.05, 4.69) is 10.6 Å². The van der Waals surface area contributed by atoms with E-state index < -0.39 is 0 Å². The molecule has 2 N–H and O–H groups in total. The molecule has 2 amide bonds. The second-order valence-electron chi connectivity index (χ2n) is 6.07. The number of rotatable bonds is 5. The molecule has 3 rings (SSSR count). The summed E-state index contributed by atoms with van der Waals surface area (Å²) in [5.74, 6) is -0.371. The van der Waals surface area contributed by atoms with Crippen molar-refractivity contribution < 1.29 is 9.59 Å². The largest absolute Gasteiger partial charge is 0.348 e. The van der Waals surface area contributed by atoms with Crippen LogP contribution in [0.4, 0.5) is 5.69 Å². The quantitative estimate of drug-likeness (QED) is 0.729. The van der Waals surface area contributed by atoms with Gasteiger partial charge in [-0.05, 0) is 48.9 Å². The Balaban J connectivity index is 1.59. The van der Waals surface area contributed by atoms with E-state index in [4.69, 9.17) is 0 Å². The Morgan fingerprint density at radius 3 is 2.08 bits per heavy atom. The Morgan fingerprint density at radius 1 is 0.769 bits per heavy atom. The maximum Gasteiger partial charge on any atom is 0.255 e. The molecule has 4 nitrogen and oxygen atoms in total. The molecule has 4 heteroatoms. The van der Waals surface area contributed by atoms with Gasteiger partial charge in [-0.2, -0.15) is 0 Å². The normalized spacial score (nSPS) is 10.2. The summed E-state index contributed by atoms with van der Waals surface area (Å²) in [6.45, 7) is 2.49. The van der Waals surface area contributed by atoms with Crippen LogP contribution >= 0.6 is 0 Å². The standard InChI is InChI=1S/C22H20N2O2/c1-16-6-5-7-17(14-16)15-23-21(25)18-10-12-19(13-11-18)22(26)24-20-8-3-2-4-9-20/h2-14H,15H2,1H3,(H,23,25)(H,24,26).